The van der Waals surface area contributed by atoms with E-state index in [-0.39, 0.29) is 24.1 Å². The first kappa shape index (κ1) is 19.2. The van der Waals surface area contributed by atoms with Crippen LogP contribution < -0.4 is 15.6 Å². The van der Waals surface area contributed by atoms with Crippen molar-refractivity contribution in [2.24, 2.45) is 0 Å². The number of fused-ring (bicyclic) bond motifs is 2. The van der Waals surface area contributed by atoms with Crippen molar-refractivity contribution in [3.63, 3.8) is 0 Å². The third-order valence-electron chi connectivity index (χ3n) is 5.57. The van der Waals surface area contributed by atoms with Crippen LogP contribution in [0.5, 0.6) is 5.88 Å². The van der Waals surface area contributed by atoms with Crippen LogP contribution in [0.3, 0.4) is 0 Å². The summed E-state index contributed by atoms with van der Waals surface area (Å²) in [7, 11) is 1.50. The average molecular weight is 391 g/mol. The van der Waals surface area contributed by atoms with Crippen molar-refractivity contribution < 1.29 is 9.53 Å². The van der Waals surface area contributed by atoms with Gasteiger partial charge in [0.05, 0.1) is 23.9 Å². The molecule has 6 heteroatoms. The van der Waals surface area contributed by atoms with Gasteiger partial charge in [0, 0.05) is 0 Å². The van der Waals surface area contributed by atoms with E-state index in [4.69, 9.17) is 4.74 Å². The molecule has 0 spiro atoms. The van der Waals surface area contributed by atoms with Crippen LogP contribution in [0.2, 0.25) is 0 Å². The van der Waals surface area contributed by atoms with E-state index in [9.17, 15) is 9.59 Å². The van der Waals surface area contributed by atoms with Crippen molar-refractivity contribution in [1.29, 1.82) is 0 Å². The Morgan fingerprint density at radius 3 is 2.62 bits per heavy atom. The van der Waals surface area contributed by atoms with E-state index in [1.54, 1.807) is 18.2 Å². The van der Waals surface area contributed by atoms with Crippen LogP contribution >= 0.6 is 0 Å². The maximum atomic E-state index is 12.7. The van der Waals surface area contributed by atoms with Crippen LogP contribution in [-0.4, -0.2) is 22.8 Å². The molecule has 0 bridgehead atoms. The number of nitrogens with one attached hydrogen (secondary N) is 1. The highest BCUT2D eigenvalue weighted by molar-refractivity contribution is 5.86. The molecule has 150 valence electrons. The molecule has 0 aliphatic heterocycles. The molecule has 6 nitrogen and oxygen atoms in total. The molecule has 1 aliphatic rings. The van der Waals surface area contributed by atoms with Gasteiger partial charge in [-0.2, -0.15) is 0 Å². The smallest absolute Gasteiger partial charge is 0.275 e. The molecule has 0 saturated carbocycles. The molecule has 0 unspecified atom stereocenters. The molecule has 4 rings (SSSR count). The van der Waals surface area contributed by atoms with Crippen LogP contribution in [0.15, 0.2) is 47.3 Å². The van der Waals surface area contributed by atoms with Crippen LogP contribution in [0.1, 0.15) is 42.5 Å². The summed E-state index contributed by atoms with van der Waals surface area (Å²) in [6.45, 7) is 1.80. The summed E-state index contributed by atoms with van der Waals surface area (Å²) in [5.41, 5.74) is 3.57. The maximum Gasteiger partial charge on any atom is 0.275 e. The molecule has 2 aromatic carbocycles. The van der Waals surface area contributed by atoms with E-state index in [0.717, 1.165) is 23.1 Å². The van der Waals surface area contributed by atoms with Crippen LogP contribution in [-0.2, 0) is 24.2 Å². The van der Waals surface area contributed by atoms with Crippen LogP contribution in [0.25, 0.3) is 10.8 Å². The van der Waals surface area contributed by atoms with Gasteiger partial charge in [-0.15, -0.1) is 5.10 Å². The molecule has 1 heterocycles. The minimum absolute atomic E-state index is 0.146. The number of aryl methyl sites for hydroxylation is 2. The van der Waals surface area contributed by atoms with Gasteiger partial charge in [0.15, 0.2) is 0 Å². The minimum Gasteiger partial charge on any atom is -0.480 e. The van der Waals surface area contributed by atoms with Gasteiger partial charge in [-0.1, -0.05) is 30.3 Å². The summed E-state index contributed by atoms with van der Waals surface area (Å²) in [5, 5.41) is 8.32. The molecular weight excluding hydrogens is 366 g/mol. The van der Waals surface area contributed by atoms with Gasteiger partial charge in [-0.05, 0) is 61.4 Å². The summed E-state index contributed by atoms with van der Waals surface area (Å²) >= 11 is 0. The molecule has 1 amide bonds. The number of methoxy groups -OCH3 is 1. The predicted octanol–water partition coefficient (Wildman–Crippen LogP) is 3.16. The first-order valence-corrected chi connectivity index (χ1v) is 10.0. The third kappa shape index (κ3) is 3.88. The molecule has 29 heavy (non-hydrogen) atoms. The quantitative estimate of drug-likeness (QED) is 0.725. The first-order valence-electron chi connectivity index (χ1n) is 10.0. The normalized spacial score (nSPS) is 14.3. The second-order valence-electron chi connectivity index (χ2n) is 7.54. The number of hydrogen-bond donors (Lipinski definition) is 1. The highest BCUT2D eigenvalue weighted by atomic mass is 16.5. The van der Waals surface area contributed by atoms with E-state index in [1.807, 2.05) is 13.0 Å². The maximum absolute atomic E-state index is 12.7. The van der Waals surface area contributed by atoms with Crippen molar-refractivity contribution in [2.45, 2.75) is 45.2 Å². The van der Waals surface area contributed by atoms with Gasteiger partial charge in [0.25, 0.3) is 5.56 Å². The van der Waals surface area contributed by atoms with E-state index < -0.39 is 0 Å². The monoisotopic (exact) mass is 391 g/mol. The Morgan fingerprint density at radius 2 is 1.86 bits per heavy atom. The number of ether oxygens (including phenoxy) is 1. The van der Waals surface area contributed by atoms with Crippen molar-refractivity contribution in [3.8, 4) is 5.88 Å². The van der Waals surface area contributed by atoms with E-state index in [2.05, 4.69) is 28.6 Å². The molecule has 3 aromatic rings. The number of aromatic nitrogens is 2. The number of rotatable bonds is 5. The van der Waals surface area contributed by atoms with Gasteiger partial charge in [-0.3, -0.25) is 9.59 Å². The number of carbonyl (C=O) groups is 1. The van der Waals surface area contributed by atoms with Gasteiger partial charge in [-0.25, -0.2) is 4.68 Å². The zero-order chi connectivity index (χ0) is 20.4. The Balaban J connectivity index is 1.53. The fourth-order valence-electron chi connectivity index (χ4n) is 3.99. The molecule has 1 N–H and O–H groups in total. The zero-order valence-corrected chi connectivity index (χ0v) is 16.8. The Morgan fingerprint density at radius 1 is 1.14 bits per heavy atom. The van der Waals surface area contributed by atoms with Crippen molar-refractivity contribution in [3.05, 3.63) is 69.5 Å². The summed E-state index contributed by atoms with van der Waals surface area (Å²) < 4.78 is 6.47. The van der Waals surface area contributed by atoms with Gasteiger partial charge in [0.2, 0.25) is 11.8 Å². The van der Waals surface area contributed by atoms with Gasteiger partial charge < -0.3 is 10.1 Å². The van der Waals surface area contributed by atoms with Crippen LogP contribution in [0, 0.1) is 0 Å². The summed E-state index contributed by atoms with van der Waals surface area (Å²) in [5.74, 6) is 0.0675. The lowest BCUT2D eigenvalue weighted by Gasteiger charge is -2.20. The highest BCUT2D eigenvalue weighted by Gasteiger charge is 2.16. The molecule has 0 radical (unpaired) electrons. The number of benzene rings is 2. The number of amides is 1. The van der Waals surface area contributed by atoms with Crippen molar-refractivity contribution in [2.75, 3.05) is 7.11 Å². The predicted molar refractivity (Wildman–Crippen MR) is 112 cm³/mol. The van der Waals surface area contributed by atoms with Crippen molar-refractivity contribution >= 4 is 16.7 Å². The minimum atomic E-state index is -0.307. The third-order valence-corrected chi connectivity index (χ3v) is 5.57. The van der Waals surface area contributed by atoms with Crippen molar-refractivity contribution in [1.82, 2.24) is 15.1 Å². The molecule has 1 atom stereocenters. The second-order valence-corrected chi connectivity index (χ2v) is 7.54. The standard InChI is InChI=1S/C23H25N3O3/c1-15(17-12-11-16-7-3-4-8-18(16)13-17)24-21(27)14-26-23(28)20-10-6-5-9-19(20)22(25-26)29-2/h5-6,9-13,15H,3-4,7-8,14H2,1-2H3,(H,24,27)/t15-/m1/s1. The second kappa shape index (κ2) is 8.07. The van der Waals surface area contributed by atoms with Gasteiger partial charge >= 0.3 is 0 Å². The Labute approximate surface area is 169 Å². The summed E-state index contributed by atoms with van der Waals surface area (Å²) in [4.78, 5) is 25.3. The fraction of sp³-hybridized carbons (Fsp3) is 0.348. The largest absolute Gasteiger partial charge is 0.480 e. The molecule has 0 fully saturated rings. The van der Waals surface area contributed by atoms with Crippen LogP contribution in [0.4, 0.5) is 0 Å². The Kier molecular flexibility index (Phi) is 5.34. The lowest BCUT2D eigenvalue weighted by atomic mass is 9.89. The SMILES string of the molecule is COc1nn(CC(=O)N[C@H](C)c2ccc3c(c2)CCCC3)c(=O)c2ccccc12. The van der Waals surface area contributed by atoms with E-state index >= 15 is 0 Å². The summed E-state index contributed by atoms with van der Waals surface area (Å²) in [6.07, 6.45) is 4.69. The fourth-order valence-corrected chi connectivity index (χ4v) is 3.99. The number of nitrogens with zero attached hydrogens (tertiary/aromatic N) is 2. The topological polar surface area (TPSA) is 73.2 Å². The number of carbonyl (C=O) groups excluding carboxylic acids is 1. The lowest BCUT2D eigenvalue weighted by molar-refractivity contribution is -0.122. The molecule has 1 aliphatic carbocycles. The highest BCUT2D eigenvalue weighted by Crippen LogP contribution is 2.25. The molecule has 1 aromatic heterocycles. The zero-order valence-electron chi connectivity index (χ0n) is 16.8. The van der Waals surface area contributed by atoms with Gasteiger partial charge in [0.1, 0.15) is 6.54 Å². The Bertz CT molecular complexity index is 1120. The molecule has 0 saturated heterocycles. The summed E-state index contributed by atoms with van der Waals surface area (Å²) in [6, 6.07) is 13.4. The van der Waals surface area contributed by atoms with E-state index in [0.29, 0.717) is 16.7 Å². The average Bonchev–Trinajstić information content (AvgIpc) is 2.75. The lowest BCUT2D eigenvalue weighted by Crippen LogP contribution is -2.35. The molecular formula is C23H25N3O3. The Hall–Kier alpha value is -3.15. The first-order chi connectivity index (χ1) is 14.1. The van der Waals surface area contributed by atoms with E-state index in [1.165, 1.54) is 31.1 Å². The number of hydrogen-bond acceptors (Lipinski definition) is 4.